The van der Waals surface area contributed by atoms with E-state index >= 15 is 0 Å². The van der Waals surface area contributed by atoms with Crippen LogP contribution < -0.4 is 0 Å². The van der Waals surface area contributed by atoms with Crippen molar-refractivity contribution in [2.45, 2.75) is 13.1 Å². The van der Waals surface area contributed by atoms with Crippen LogP contribution in [0.1, 0.15) is 11.1 Å². The van der Waals surface area contributed by atoms with E-state index < -0.39 is 0 Å². The number of hydrogen-bond acceptors (Lipinski definition) is 0. The van der Waals surface area contributed by atoms with Gasteiger partial charge in [0.15, 0.2) is 0 Å². The molecule has 1 heterocycles. The molecule has 0 aromatic heterocycles. The predicted molar refractivity (Wildman–Crippen MR) is 67.8 cm³/mol. The van der Waals surface area contributed by atoms with E-state index in [0.29, 0.717) is 0 Å². The first-order chi connectivity index (χ1) is 7.38. The number of fused-ring (bicyclic) bond motifs is 1. The fourth-order valence-electron chi connectivity index (χ4n) is 2.44. The van der Waals surface area contributed by atoms with Crippen LogP contribution in [0, 0.1) is 0 Å². The molecule has 1 aromatic carbocycles. The molecular weight excluding hydrogens is 196 g/mol. The minimum Gasteiger partial charge on any atom is -0.326 e. The van der Waals surface area contributed by atoms with Gasteiger partial charge in [-0.3, -0.25) is 0 Å². The molecule has 1 aromatic rings. The Bertz CT molecular complexity index is 352. The standard InChI is InChI=1S/C14H24N2/c1-15(2,3)9-10-16(4)11-13-7-5-6-8-14(13)12-16/h5-8H,9-12H2,1-4H3/q+2. The van der Waals surface area contributed by atoms with Crippen molar-refractivity contribution in [1.29, 1.82) is 0 Å². The first kappa shape index (κ1) is 11.6. The van der Waals surface area contributed by atoms with Crippen molar-refractivity contribution in [2.75, 3.05) is 41.3 Å². The van der Waals surface area contributed by atoms with Gasteiger partial charge in [-0.05, 0) is 0 Å². The zero-order valence-electron chi connectivity index (χ0n) is 11.0. The first-order valence-electron chi connectivity index (χ1n) is 6.09. The molecule has 0 N–H and O–H groups in total. The summed E-state index contributed by atoms with van der Waals surface area (Å²) < 4.78 is 2.24. The van der Waals surface area contributed by atoms with Gasteiger partial charge in [0.1, 0.15) is 26.2 Å². The smallest absolute Gasteiger partial charge is 0.129 e. The van der Waals surface area contributed by atoms with Crippen molar-refractivity contribution in [3.8, 4) is 0 Å². The van der Waals surface area contributed by atoms with Crippen LogP contribution in [-0.2, 0) is 13.1 Å². The maximum Gasteiger partial charge on any atom is 0.129 e. The van der Waals surface area contributed by atoms with Crippen molar-refractivity contribution in [3.05, 3.63) is 35.4 Å². The summed E-state index contributed by atoms with van der Waals surface area (Å²) in [6.07, 6.45) is 0. The van der Waals surface area contributed by atoms with E-state index in [4.69, 9.17) is 0 Å². The number of quaternary nitrogens is 2. The lowest BCUT2D eigenvalue weighted by Gasteiger charge is -2.33. The third-order valence-electron chi connectivity index (χ3n) is 3.53. The summed E-state index contributed by atoms with van der Waals surface area (Å²) in [4.78, 5) is 0. The van der Waals surface area contributed by atoms with Crippen LogP contribution >= 0.6 is 0 Å². The van der Waals surface area contributed by atoms with Gasteiger partial charge in [-0.2, -0.15) is 0 Å². The van der Waals surface area contributed by atoms with Gasteiger partial charge in [-0.15, -0.1) is 0 Å². The Kier molecular flexibility index (Phi) is 2.81. The predicted octanol–water partition coefficient (Wildman–Crippen LogP) is 1.85. The zero-order valence-corrected chi connectivity index (χ0v) is 11.0. The summed E-state index contributed by atoms with van der Waals surface area (Å²) in [6, 6.07) is 8.89. The SMILES string of the molecule is C[N+](C)(C)CC[N+]1(C)Cc2ccccc2C1. The Balaban J connectivity index is 2.03. The summed E-state index contributed by atoms with van der Waals surface area (Å²) in [5.41, 5.74) is 3.10. The fraction of sp³-hybridized carbons (Fsp3) is 0.571. The van der Waals surface area contributed by atoms with E-state index in [1.165, 1.54) is 30.7 Å². The second-order valence-electron chi connectivity index (χ2n) is 6.44. The Morgan fingerprint density at radius 3 is 2.00 bits per heavy atom. The second kappa shape index (κ2) is 3.86. The summed E-state index contributed by atoms with van der Waals surface area (Å²) in [5.74, 6) is 0. The molecule has 0 saturated heterocycles. The minimum absolute atomic E-state index is 1.06. The maximum absolute atomic E-state index is 2.38. The van der Waals surface area contributed by atoms with Crippen LogP contribution in [0.15, 0.2) is 24.3 Å². The first-order valence-corrected chi connectivity index (χ1v) is 6.09. The number of nitrogens with zero attached hydrogens (tertiary/aromatic N) is 2. The van der Waals surface area contributed by atoms with Crippen LogP contribution in [0.4, 0.5) is 0 Å². The zero-order chi connectivity index (χ0) is 11.8. The van der Waals surface area contributed by atoms with Gasteiger partial charge in [0.05, 0.1) is 28.2 Å². The molecule has 0 spiro atoms. The van der Waals surface area contributed by atoms with Crippen LogP contribution in [0.2, 0.25) is 0 Å². The molecule has 2 heteroatoms. The maximum atomic E-state index is 2.38. The average Bonchev–Trinajstić information content (AvgIpc) is 2.51. The summed E-state index contributed by atoms with van der Waals surface area (Å²) in [6.45, 7) is 4.91. The van der Waals surface area contributed by atoms with E-state index in [0.717, 1.165) is 4.48 Å². The van der Waals surface area contributed by atoms with E-state index in [9.17, 15) is 0 Å². The van der Waals surface area contributed by atoms with Crippen molar-refractivity contribution in [2.24, 2.45) is 0 Å². The lowest BCUT2D eigenvalue weighted by molar-refractivity contribution is -0.961. The molecule has 1 aliphatic rings. The highest BCUT2D eigenvalue weighted by Crippen LogP contribution is 2.27. The van der Waals surface area contributed by atoms with Crippen molar-refractivity contribution in [3.63, 3.8) is 0 Å². The molecule has 0 radical (unpaired) electrons. The highest BCUT2D eigenvalue weighted by molar-refractivity contribution is 5.27. The minimum atomic E-state index is 1.06. The lowest BCUT2D eigenvalue weighted by Crippen LogP contribution is -2.48. The Labute approximate surface area is 99.3 Å². The lowest BCUT2D eigenvalue weighted by atomic mass is 10.1. The summed E-state index contributed by atoms with van der Waals surface area (Å²) in [7, 11) is 9.20. The molecule has 0 saturated carbocycles. The van der Waals surface area contributed by atoms with Crippen LogP contribution in [0.5, 0.6) is 0 Å². The molecule has 0 aliphatic carbocycles. The largest absolute Gasteiger partial charge is 0.326 e. The van der Waals surface area contributed by atoms with Gasteiger partial charge in [-0.1, -0.05) is 24.3 Å². The van der Waals surface area contributed by atoms with Gasteiger partial charge in [-0.25, -0.2) is 0 Å². The third kappa shape index (κ3) is 2.63. The summed E-state index contributed by atoms with van der Waals surface area (Å²) in [5, 5.41) is 0. The molecule has 2 nitrogen and oxygen atoms in total. The number of rotatable bonds is 3. The molecule has 0 atom stereocenters. The molecule has 0 bridgehead atoms. The molecular formula is C14H24N2+2. The van der Waals surface area contributed by atoms with Crippen molar-refractivity contribution >= 4 is 0 Å². The topological polar surface area (TPSA) is 0 Å². The second-order valence-corrected chi connectivity index (χ2v) is 6.44. The van der Waals surface area contributed by atoms with Gasteiger partial charge in [0.25, 0.3) is 0 Å². The number of likely N-dealkylation sites (N-methyl/N-ethyl adjacent to an activating group) is 2. The van der Waals surface area contributed by atoms with Crippen LogP contribution in [0.25, 0.3) is 0 Å². The molecule has 1 aliphatic heterocycles. The normalized spacial score (nSPS) is 18.5. The van der Waals surface area contributed by atoms with Gasteiger partial charge < -0.3 is 8.97 Å². The number of hydrogen-bond donors (Lipinski definition) is 0. The van der Waals surface area contributed by atoms with E-state index in [2.05, 4.69) is 52.5 Å². The molecule has 0 amide bonds. The van der Waals surface area contributed by atoms with Crippen LogP contribution in [0.3, 0.4) is 0 Å². The molecule has 16 heavy (non-hydrogen) atoms. The Morgan fingerprint density at radius 1 is 1.06 bits per heavy atom. The average molecular weight is 220 g/mol. The number of benzene rings is 1. The molecule has 0 fully saturated rings. The van der Waals surface area contributed by atoms with Gasteiger partial charge in [0.2, 0.25) is 0 Å². The highest BCUT2D eigenvalue weighted by Gasteiger charge is 2.32. The van der Waals surface area contributed by atoms with Crippen molar-refractivity contribution < 1.29 is 8.97 Å². The van der Waals surface area contributed by atoms with E-state index in [-0.39, 0.29) is 0 Å². The quantitative estimate of drug-likeness (QED) is 0.682. The van der Waals surface area contributed by atoms with Gasteiger partial charge >= 0.3 is 0 Å². The fourth-order valence-corrected chi connectivity index (χ4v) is 2.44. The Hall–Kier alpha value is -0.860. The summed E-state index contributed by atoms with van der Waals surface area (Å²) >= 11 is 0. The monoisotopic (exact) mass is 220 g/mol. The molecule has 2 rings (SSSR count). The highest BCUT2D eigenvalue weighted by atomic mass is 15.4. The van der Waals surface area contributed by atoms with Crippen molar-refractivity contribution in [1.82, 2.24) is 0 Å². The third-order valence-corrected chi connectivity index (χ3v) is 3.53. The van der Waals surface area contributed by atoms with E-state index in [1.54, 1.807) is 11.1 Å². The molecule has 88 valence electrons. The van der Waals surface area contributed by atoms with Crippen LogP contribution in [-0.4, -0.2) is 50.2 Å². The van der Waals surface area contributed by atoms with Gasteiger partial charge in [0, 0.05) is 11.1 Å². The molecule has 0 unspecified atom stereocenters. The Morgan fingerprint density at radius 2 is 1.56 bits per heavy atom. The van der Waals surface area contributed by atoms with E-state index in [1.807, 2.05) is 0 Å².